The normalized spacial score (nSPS) is 14.9. The van der Waals surface area contributed by atoms with Gasteiger partial charge in [0.15, 0.2) is 0 Å². The van der Waals surface area contributed by atoms with Crippen molar-refractivity contribution in [3.05, 3.63) is 65.5 Å². The second kappa shape index (κ2) is 10.8. The van der Waals surface area contributed by atoms with E-state index in [4.69, 9.17) is 5.73 Å². The molecule has 40 heavy (non-hydrogen) atoms. The number of piperazine rings is 1. The van der Waals surface area contributed by atoms with Crippen molar-refractivity contribution in [1.29, 1.82) is 0 Å². The molecule has 1 saturated heterocycles. The predicted octanol–water partition coefficient (Wildman–Crippen LogP) is 4.94. The van der Waals surface area contributed by atoms with Crippen molar-refractivity contribution in [1.82, 2.24) is 24.3 Å². The summed E-state index contributed by atoms with van der Waals surface area (Å²) in [6.45, 7) is 5.03. The lowest BCUT2D eigenvalue weighted by Gasteiger charge is -2.33. The number of amides is 2. The average Bonchev–Trinajstić information content (AvgIpc) is 3.17. The van der Waals surface area contributed by atoms with Crippen LogP contribution in [-0.2, 0) is 19.8 Å². The number of nitrogen functional groups attached to an aromatic ring is 1. The van der Waals surface area contributed by atoms with Gasteiger partial charge in [0.25, 0.3) is 0 Å². The molecule has 12 heteroatoms. The highest BCUT2D eigenvalue weighted by Crippen LogP contribution is 2.35. The fourth-order valence-corrected chi connectivity index (χ4v) is 5.02. The van der Waals surface area contributed by atoms with Gasteiger partial charge in [-0.2, -0.15) is 13.2 Å². The Bertz CT molecular complexity index is 1560. The smallest absolute Gasteiger partial charge is 0.384 e. The molecule has 0 unspecified atom stereocenters. The summed E-state index contributed by atoms with van der Waals surface area (Å²) in [5.74, 6) is 0.685. The summed E-state index contributed by atoms with van der Waals surface area (Å²) in [7, 11) is 3.75. The highest BCUT2D eigenvalue weighted by Gasteiger charge is 2.34. The highest BCUT2D eigenvalue weighted by molar-refractivity contribution is 5.99. The zero-order chi connectivity index (χ0) is 28.6. The van der Waals surface area contributed by atoms with E-state index in [1.807, 2.05) is 37.1 Å². The van der Waals surface area contributed by atoms with Gasteiger partial charge in [-0.3, -0.25) is 10.2 Å². The van der Waals surface area contributed by atoms with Crippen LogP contribution in [0.15, 0.2) is 48.7 Å². The molecule has 4 N–H and O–H groups in total. The number of carbonyl (C=O) groups is 1. The van der Waals surface area contributed by atoms with E-state index in [-0.39, 0.29) is 23.7 Å². The monoisotopic (exact) mass is 552 g/mol. The molecule has 0 aliphatic carbocycles. The molecule has 2 aromatic heterocycles. The third kappa shape index (κ3) is 5.87. The van der Waals surface area contributed by atoms with Gasteiger partial charge in [0.05, 0.1) is 17.0 Å². The maximum Gasteiger partial charge on any atom is 0.416 e. The molecule has 2 amide bonds. The minimum absolute atomic E-state index is 0.0411. The number of pyridine rings is 1. The molecule has 2 aromatic carbocycles. The molecule has 0 atom stereocenters. The summed E-state index contributed by atoms with van der Waals surface area (Å²) in [5.41, 5.74) is 7.56. The van der Waals surface area contributed by atoms with Gasteiger partial charge in [0, 0.05) is 62.6 Å². The first kappa shape index (κ1) is 27.4. The summed E-state index contributed by atoms with van der Waals surface area (Å²) in [6, 6.07) is 10.8. The molecule has 9 nitrogen and oxygen atoms in total. The van der Waals surface area contributed by atoms with Crippen LogP contribution in [0, 0.1) is 6.92 Å². The predicted molar refractivity (Wildman–Crippen MR) is 150 cm³/mol. The third-order valence-electron chi connectivity index (χ3n) is 7.17. The average molecular weight is 553 g/mol. The number of hydrogen-bond donors (Lipinski definition) is 3. The lowest BCUT2D eigenvalue weighted by molar-refractivity contribution is -0.138. The molecular weight excluding hydrogens is 521 g/mol. The highest BCUT2D eigenvalue weighted by atomic mass is 19.4. The van der Waals surface area contributed by atoms with Gasteiger partial charge < -0.3 is 20.5 Å². The van der Waals surface area contributed by atoms with Crippen LogP contribution in [-0.4, -0.2) is 63.6 Å². The van der Waals surface area contributed by atoms with E-state index in [0.29, 0.717) is 24.6 Å². The van der Waals surface area contributed by atoms with Gasteiger partial charge in [-0.1, -0.05) is 18.2 Å². The molecule has 0 radical (unpaired) electrons. The van der Waals surface area contributed by atoms with E-state index in [0.717, 1.165) is 41.2 Å². The molecule has 1 aliphatic rings. The molecule has 1 fully saturated rings. The van der Waals surface area contributed by atoms with Crippen LogP contribution < -0.4 is 16.4 Å². The van der Waals surface area contributed by atoms with Crippen molar-refractivity contribution in [2.45, 2.75) is 19.6 Å². The largest absolute Gasteiger partial charge is 0.416 e. The fraction of sp³-hybridized carbons (Fsp3) is 0.321. The van der Waals surface area contributed by atoms with Crippen molar-refractivity contribution >= 4 is 34.3 Å². The zero-order valence-electron chi connectivity index (χ0n) is 22.5. The Morgan fingerprint density at radius 2 is 1.75 bits per heavy atom. The van der Waals surface area contributed by atoms with Crippen molar-refractivity contribution in [3.8, 4) is 11.3 Å². The molecule has 3 heterocycles. The zero-order valence-corrected chi connectivity index (χ0v) is 22.5. The Morgan fingerprint density at radius 3 is 2.48 bits per heavy atom. The Labute approximate surface area is 229 Å². The SMILES string of the molecule is Cc1nc(NC(=O)Nc2ccc(CN3CCN(C)CC3)c(C(F)(F)F)c2)n(C)c1-c1ccc2cc(N)ncc2c1. The van der Waals surface area contributed by atoms with E-state index in [9.17, 15) is 18.0 Å². The number of nitrogens with two attached hydrogens (primary N) is 1. The van der Waals surface area contributed by atoms with Crippen LogP contribution in [0.1, 0.15) is 16.8 Å². The number of rotatable bonds is 5. The Morgan fingerprint density at radius 1 is 1.00 bits per heavy atom. The summed E-state index contributed by atoms with van der Waals surface area (Å²) >= 11 is 0. The van der Waals surface area contributed by atoms with E-state index in [2.05, 4.69) is 25.5 Å². The van der Waals surface area contributed by atoms with E-state index >= 15 is 0 Å². The molecule has 0 saturated carbocycles. The standard InChI is InChI=1S/C28H31F3N8O/c1-17-25(19-5-4-18-13-24(32)33-15-21(18)12-19)38(3)26(34-17)36-27(40)35-22-7-6-20(23(14-22)28(29,30)31)16-39-10-8-37(2)9-11-39/h4-7,12-15H,8-11,16H2,1-3H3,(H2,32,33)(H2,34,35,36,40). The van der Waals surface area contributed by atoms with Gasteiger partial charge in [-0.25, -0.2) is 14.8 Å². The van der Waals surface area contributed by atoms with Gasteiger partial charge in [0.1, 0.15) is 5.82 Å². The van der Waals surface area contributed by atoms with Crippen LogP contribution in [0.5, 0.6) is 0 Å². The Balaban J connectivity index is 1.32. The number of halogens is 3. The minimum Gasteiger partial charge on any atom is -0.384 e. The number of anilines is 3. The van der Waals surface area contributed by atoms with E-state index < -0.39 is 17.8 Å². The van der Waals surface area contributed by atoms with Crippen molar-refractivity contribution in [2.24, 2.45) is 7.05 Å². The number of nitrogens with one attached hydrogen (secondary N) is 2. The maximum absolute atomic E-state index is 13.9. The molecule has 5 rings (SSSR count). The number of likely N-dealkylation sites (N-methyl/N-ethyl adjacent to an activating group) is 1. The lowest BCUT2D eigenvalue weighted by atomic mass is 10.0. The maximum atomic E-state index is 13.9. The lowest BCUT2D eigenvalue weighted by Crippen LogP contribution is -2.44. The fourth-order valence-electron chi connectivity index (χ4n) is 5.02. The summed E-state index contributed by atoms with van der Waals surface area (Å²) in [4.78, 5) is 25.6. The van der Waals surface area contributed by atoms with Crippen molar-refractivity contribution in [3.63, 3.8) is 0 Å². The third-order valence-corrected chi connectivity index (χ3v) is 7.17. The number of aromatic nitrogens is 3. The number of fused-ring (bicyclic) bond motifs is 1. The number of imidazole rings is 1. The number of urea groups is 1. The van der Waals surface area contributed by atoms with Gasteiger partial charge in [-0.15, -0.1) is 0 Å². The topological polar surface area (TPSA) is 104 Å². The van der Waals surface area contributed by atoms with E-state index in [1.165, 1.54) is 12.1 Å². The van der Waals surface area contributed by atoms with Crippen molar-refractivity contribution in [2.75, 3.05) is 49.6 Å². The molecule has 0 spiro atoms. The number of nitrogens with zero attached hydrogens (tertiary/aromatic N) is 5. The number of alkyl halides is 3. The second-order valence-electron chi connectivity index (χ2n) is 10.1. The molecule has 1 aliphatic heterocycles. The minimum atomic E-state index is -4.55. The number of carbonyl (C=O) groups excluding carboxylic acids is 1. The molecule has 4 aromatic rings. The van der Waals surface area contributed by atoms with Gasteiger partial charge in [0.2, 0.25) is 5.95 Å². The number of hydrogen-bond acceptors (Lipinski definition) is 6. The van der Waals surface area contributed by atoms with Crippen molar-refractivity contribution < 1.29 is 18.0 Å². The van der Waals surface area contributed by atoms with Crippen LogP contribution >= 0.6 is 0 Å². The summed E-state index contributed by atoms with van der Waals surface area (Å²) in [5, 5.41) is 7.02. The first-order valence-electron chi connectivity index (χ1n) is 12.9. The number of aryl methyl sites for hydroxylation is 1. The van der Waals surface area contributed by atoms with E-state index in [1.54, 1.807) is 23.9 Å². The summed E-state index contributed by atoms with van der Waals surface area (Å²) in [6.07, 6.45) is -2.86. The van der Waals surface area contributed by atoms with Crippen LogP contribution in [0.4, 0.5) is 35.4 Å². The number of benzene rings is 2. The van der Waals surface area contributed by atoms with Crippen LogP contribution in [0.25, 0.3) is 22.0 Å². The second-order valence-corrected chi connectivity index (χ2v) is 10.1. The molecular formula is C28H31F3N8O. The molecule has 0 bridgehead atoms. The summed E-state index contributed by atoms with van der Waals surface area (Å²) < 4.78 is 43.5. The Hall–Kier alpha value is -4.16. The molecule has 210 valence electrons. The first-order valence-corrected chi connectivity index (χ1v) is 12.9. The van der Waals surface area contributed by atoms with Crippen LogP contribution in [0.2, 0.25) is 0 Å². The quantitative estimate of drug-likeness (QED) is 0.324. The van der Waals surface area contributed by atoms with Crippen LogP contribution in [0.3, 0.4) is 0 Å². The first-order chi connectivity index (χ1) is 19.0. The Kier molecular flexibility index (Phi) is 7.39. The van der Waals surface area contributed by atoms with Gasteiger partial charge in [-0.05, 0) is 49.2 Å². The van der Waals surface area contributed by atoms with Gasteiger partial charge >= 0.3 is 12.2 Å².